The van der Waals surface area contributed by atoms with E-state index in [0.717, 1.165) is 4.31 Å². The maximum absolute atomic E-state index is 13.4. The van der Waals surface area contributed by atoms with Gasteiger partial charge in [0.05, 0.1) is 19.7 Å². The standard InChI is InChI=1S/C28H34N4O7S/c1-17(2)11-22(31-28(35)25-14-19-13-20(38-4)8-9-24(19)39-25)27(34)30-21-12-18(3)15-32(16-23(21)33)40(36,37)26-7-5-6-10-29-26/h5-10,13-14,17-18,21-22H,11-12,15-16H2,1-4H3,(H,30,34)(H,31,35)/t18-,21-,22-/m0/s1. The van der Waals surface area contributed by atoms with Crippen LogP contribution in [0.4, 0.5) is 0 Å². The zero-order chi connectivity index (χ0) is 29.0. The van der Waals surface area contributed by atoms with Crippen LogP contribution >= 0.6 is 0 Å². The third kappa shape index (κ3) is 6.68. The van der Waals surface area contributed by atoms with E-state index in [9.17, 15) is 22.8 Å². The first-order chi connectivity index (χ1) is 19.0. The Bertz CT molecular complexity index is 1490. The molecule has 3 heterocycles. The summed E-state index contributed by atoms with van der Waals surface area (Å²) in [6.07, 6.45) is 1.96. The van der Waals surface area contributed by atoms with Crippen LogP contribution in [-0.2, 0) is 19.6 Å². The minimum atomic E-state index is -3.98. The average molecular weight is 571 g/mol. The molecule has 0 aliphatic carbocycles. The number of hydrogen-bond donors (Lipinski definition) is 2. The summed E-state index contributed by atoms with van der Waals surface area (Å²) in [4.78, 5) is 43.5. The van der Waals surface area contributed by atoms with Gasteiger partial charge < -0.3 is 19.8 Å². The number of nitrogens with one attached hydrogen (secondary N) is 2. The van der Waals surface area contributed by atoms with Gasteiger partial charge in [0.1, 0.15) is 17.4 Å². The molecule has 4 rings (SSSR count). The van der Waals surface area contributed by atoms with E-state index in [-0.39, 0.29) is 35.6 Å². The van der Waals surface area contributed by atoms with Gasteiger partial charge in [-0.25, -0.2) is 13.4 Å². The summed E-state index contributed by atoms with van der Waals surface area (Å²) in [5, 5.41) is 6.05. The molecule has 1 aliphatic heterocycles. The number of methoxy groups -OCH3 is 1. The number of fused-ring (bicyclic) bond motifs is 1. The van der Waals surface area contributed by atoms with Gasteiger partial charge in [-0.3, -0.25) is 14.4 Å². The minimum absolute atomic E-state index is 0.0411. The number of hydrogen-bond acceptors (Lipinski definition) is 8. The molecule has 2 amide bonds. The molecular weight excluding hydrogens is 536 g/mol. The highest BCUT2D eigenvalue weighted by molar-refractivity contribution is 7.89. The topological polar surface area (TPSA) is 148 Å². The van der Waals surface area contributed by atoms with Gasteiger partial charge in [0.25, 0.3) is 15.9 Å². The largest absolute Gasteiger partial charge is 0.497 e. The molecule has 2 N–H and O–H groups in total. The van der Waals surface area contributed by atoms with Gasteiger partial charge >= 0.3 is 0 Å². The zero-order valence-electron chi connectivity index (χ0n) is 22.9. The molecule has 40 heavy (non-hydrogen) atoms. The van der Waals surface area contributed by atoms with E-state index >= 15 is 0 Å². The summed E-state index contributed by atoms with van der Waals surface area (Å²) in [5.74, 6) is -1.03. The Morgan fingerprint density at radius 2 is 1.98 bits per heavy atom. The lowest BCUT2D eigenvalue weighted by Gasteiger charge is -2.23. The Balaban J connectivity index is 1.47. The first-order valence-electron chi connectivity index (χ1n) is 13.1. The molecular formula is C28H34N4O7S. The van der Waals surface area contributed by atoms with E-state index in [1.807, 2.05) is 20.8 Å². The van der Waals surface area contributed by atoms with Crippen LogP contribution in [0.25, 0.3) is 11.0 Å². The van der Waals surface area contributed by atoms with Crippen LogP contribution in [0.5, 0.6) is 5.75 Å². The van der Waals surface area contributed by atoms with Crippen LogP contribution in [0.15, 0.2) is 58.1 Å². The van der Waals surface area contributed by atoms with Crippen molar-refractivity contribution in [1.29, 1.82) is 0 Å². The normalized spacial score (nSPS) is 19.3. The van der Waals surface area contributed by atoms with E-state index in [1.54, 1.807) is 43.5 Å². The Kier molecular flexibility index (Phi) is 8.89. The Hall–Kier alpha value is -3.77. The van der Waals surface area contributed by atoms with E-state index in [0.29, 0.717) is 23.1 Å². The van der Waals surface area contributed by atoms with Crippen molar-refractivity contribution in [2.24, 2.45) is 11.8 Å². The number of Topliss-reactive ketones (excluding diaryl/α,β-unsaturated/α-hetero) is 1. The van der Waals surface area contributed by atoms with Crippen LogP contribution in [0.1, 0.15) is 44.2 Å². The Morgan fingerprint density at radius 1 is 1.20 bits per heavy atom. The fraction of sp³-hybridized carbons (Fsp3) is 0.429. The Morgan fingerprint density at radius 3 is 2.65 bits per heavy atom. The van der Waals surface area contributed by atoms with Crippen molar-refractivity contribution in [3.63, 3.8) is 0 Å². The predicted molar refractivity (Wildman–Crippen MR) is 147 cm³/mol. The van der Waals surface area contributed by atoms with E-state index in [1.165, 1.54) is 12.3 Å². The molecule has 0 bridgehead atoms. The molecule has 3 aromatic rings. The van der Waals surface area contributed by atoms with Gasteiger partial charge in [0, 0.05) is 18.1 Å². The average Bonchev–Trinajstić information content (AvgIpc) is 3.29. The van der Waals surface area contributed by atoms with E-state index in [2.05, 4.69) is 15.6 Å². The van der Waals surface area contributed by atoms with Crippen molar-refractivity contribution in [2.45, 2.75) is 50.7 Å². The lowest BCUT2D eigenvalue weighted by molar-refractivity contribution is -0.129. The second-order valence-corrected chi connectivity index (χ2v) is 12.4. The number of pyridine rings is 1. The first-order valence-corrected chi connectivity index (χ1v) is 14.5. The molecule has 1 aliphatic rings. The molecule has 1 saturated heterocycles. The third-order valence-electron chi connectivity index (χ3n) is 6.71. The predicted octanol–water partition coefficient (Wildman–Crippen LogP) is 2.77. The highest BCUT2D eigenvalue weighted by atomic mass is 32.2. The molecule has 0 radical (unpaired) electrons. The second-order valence-electron chi connectivity index (χ2n) is 10.5. The number of nitrogens with zero attached hydrogens (tertiary/aromatic N) is 2. The lowest BCUT2D eigenvalue weighted by Crippen LogP contribution is -2.52. The quantitative estimate of drug-likeness (QED) is 0.399. The van der Waals surface area contributed by atoms with Crippen molar-refractivity contribution in [1.82, 2.24) is 19.9 Å². The number of ketones is 1. The summed E-state index contributed by atoms with van der Waals surface area (Å²) >= 11 is 0. The van der Waals surface area contributed by atoms with Crippen LogP contribution in [0.2, 0.25) is 0 Å². The smallest absolute Gasteiger partial charge is 0.287 e. The number of furan rings is 1. The molecule has 1 fully saturated rings. The highest BCUT2D eigenvalue weighted by Crippen LogP contribution is 2.25. The summed E-state index contributed by atoms with van der Waals surface area (Å²) in [6, 6.07) is 9.44. The lowest BCUT2D eigenvalue weighted by atomic mass is 9.98. The number of carbonyl (C=O) groups excluding carboxylic acids is 3. The van der Waals surface area contributed by atoms with Crippen molar-refractivity contribution < 1.29 is 32.0 Å². The molecule has 11 nitrogen and oxygen atoms in total. The second kappa shape index (κ2) is 12.2. The molecule has 2 aromatic heterocycles. The SMILES string of the molecule is COc1ccc2oc(C(=O)N[C@@H](CC(C)C)C(=O)N[C@H]3C[C@H](C)CN(S(=O)(=O)c4ccccn4)CC3=O)cc2c1. The summed E-state index contributed by atoms with van der Waals surface area (Å²) < 4.78 is 38.2. The minimum Gasteiger partial charge on any atom is -0.497 e. The number of rotatable bonds is 9. The van der Waals surface area contributed by atoms with Crippen molar-refractivity contribution in [2.75, 3.05) is 20.2 Å². The summed E-state index contributed by atoms with van der Waals surface area (Å²) in [6.45, 7) is 5.37. The van der Waals surface area contributed by atoms with Crippen LogP contribution in [-0.4, -0.2) is 67.6 Å². The van der Waals surface area contributed by atoms with Gasteiger partial charge in [0.15, 0.2) is 16.6 Å². The van der Waals surface area contributed by atoms with Crippen molar-refractivity contribution in [3.05, 3.63) is 54.4 Å². The molecule has 214 valence electrons. The van der Waals surface area contributed by atoms with Crippen molar-refractivity contribution >= 4 is 38.6 Å². The fourth-order valence-electron chi connectivity index (χ4n) is 4.72. The van der Waals surface area contributed by atoms with Gasteiger partial charge in [-0.05, 0) is 61.1 Å². The van der Waals surface area contributed by atoms with Gasteiger partial charge in [0.2, 0.25) is 5.91 Å². The highest BCUT2D eigenvalue weighted by Gasteiger charge is 2.37. The molecule has 0 saturated carbocycles. The number of aromatic nitrogens is 1. The van der Waals surface area contributed by atoms with Gasteiger partial charge in [-0.1, -0.05) is 26.8 Å². The summed E-state index contributed by atoms with van der Waals surface area (Å²) in [7, 11) is -2.44. The molecule has 0 spiro atoms. The summed E-state index contributed by atoms with van der Waals surface area (Å²) in [5.41, 5.74) is 0.499. The number of carbonyl (C=O) groups is 3. The molecule has 0 unspecified atom stereocenters. The molecule has 12 heteroatoms. The monoisotopic (exact) mass is 570 g/mol. The maximum atomic E-state index is 13.4. The van der Waals surface area contributed by atoms with Gasteiger partial charge in [-0.2, -0.15) is 4.31 Å². The maximum Gasteiger partial charge on any atom is 0.287 e. The van der Waals surface area contributed by atoms with Crippen molar-refractivity contribution in [3.8, 4) is 5.75 Å². The van der Waals surface area contributed by atoms with E-state index < -0.39 is 46.2 Å². The molecule has 1 aromatic carbocycles. The van der Waals surface area contributed by atoms with E-state index in [4.69, 9.17) is 9.15 Å². The number of amides is 2. The third-order valence-corrected chi connectivity index (χ3v) is 8.44. The number of sulfonamides is 1. The van der Waals surface area contributed by atoms with Crippen LogP contribution in [0.3, 0.4) is 0 Å². The van der Waals surface area contributed by atoms with Gasteiger partial charge in [-0.15, -0.1) is 0 Å². The Labute approximate surface area is 233 Å². The fourth-order valence-corrected chi connectivity index (χ4v) is 6.18. The van der Waals surface area contributed by atoms with Crippen LogP contribution in [0, 0.1) is 11.8 Å². The first kappa shape index (κ1) is 29.2. The molecule has 3 atom stereocenters. The number of benzene rings is 1. The number of ether oxygens (including phenoxy) is 1. The van der Waals surface area contributed by atoms with Crippen LogP contribution < -0.4 is 15.4 Å². The zero-order valence-corrected chi connectivity index (χ0v) is 23.7.